The van der Waals surface area contributed by atoms with Gasteiger partial charge in [-0.05, 0) is 68.8 Å². The van der Waals surface area contributed by atoms with Crippen LogP contribution in [0.15, 0.2) is 24.8 Å². The maximum absolute atomic E-state index is 12.2. The zero-order chi connectivity index (χ0) is 27.1. The second kappa shape index (κ2) is 10.4. The summed E-state index contributed by atoms with van der Waals surface area (Å²) in [7, 11) is 2.00. The van der Waals surface area contributed by atoms with Gasteiger partial charge in [-0.1, -0.05) is 19.6 Å². The molecule has 1 amide bonds. The number of hydrogen-bond donors (Lipinski definition) is 3. The molecule has 3 heterocycles. The summed E-state index contributed by atoms with van der Waals surface area (Å²) in [6, 6.07) is 4.70. The number of nitrogen functional groups attached to an aromatic ring is 1. The average Bonchev–Trinajstić information content (AvgIpc) is 2.92. The highest BCUT2D eigenvalue weighted by Gasteiger charge is 2.39. The van der Waals surface area contributed by atoms with Gasteiger partial charge in [-0.15, -0.1) is 0 Å². The van der Waals surface area contributed by atoms with Crippen molar-refractivity contribution in [2.45, 2.75) is 51.6 Å². The van der Waals surface area contributed by atoms with E-state index in [1.165, 1.54) is 29.0 Å². The summed E-state index contributed by atoms with van der Waals surface area (Å²) >= 11 is 0. The molecule has 38 heavy (non-hydrogen) atoms. The number of fused-ring (bicyclic) bond motifs is 1. The number of aromatic nitrogens is 2. The maximum atomic E-state index is 12.2. The second-order valence-electron chi connectivity index (χ2n) is 11.0. The van der Waals surface area contributed by atoms with E-state index in [4.69, 9.17) is 21.1 Å². The molecule has 0 bridgehead atoms. The minimum atomic E-state index is -0.0152. The molecule has 1 aliphatic carbocycles. The van der Waals surface area contributed by atoms with Gasteiger partial charge in [0.1, 0.15) is 5.82 Å². The van der Waals surface area contributed by atoms with Gasteiger partial charge in [0, 0.05) is 67.8 Å². The summed E-state index contributed by atoms with van der Waals surface area (Å²) in [6.07, 6.45) is 4.45. The Balaban J connectivity index is 1.54. The van der Waals surface area contributed by atoms with Crippen LogP contribution in [0.2, 0.25) is 0 Å². The van der Waals surface area contributed by atoms with E-state index >= 15 is 0 Å². The molecule has 4 atom stereocenters. The largest absolute Gasteiger partial charge is 0.398 e. The normalized spacial score (nSPS) is 25.0. The van der Waals surface area contributed by atoms with Crippen molar-refractivity contribution in [2.75, 3.05) is 55.3 Å². The fourth-order valence-electron chi connectivity index (χ4n) is 6.42. The van der Waals surface area contributed by atoms with Gasteiger partial charge in [-0.25, -0.2) is 4.98 Å². The number of likely N-dealkylation sites (N-methyl/N-ethyl adjacent to an activating group) is 1. The minimum absolute atomic E-state index is 0.0152. The van der Waals surface area contributed by atoms with Gasteiger partial charge in [0.25, 0.3) is 0 Å². The number of nitrogens with two attached hydrogens (primary N) is 1. The first-order chi connectivity index (χ1) is 18.3. The highest BCUT2D eigenvalue weighted by Crippen LogP contribution is 2.43. The predicted octanol–water partition coefficient (Wildman–Crippen LogP) is 2.51. The summed E-state index contributed by atoms with van der Waals surface area (Å²) in [4.78, 5) is 29.0. The van der Waals surface area contributed by atoms with E-state index in [-0.39, 0.29) is 11.8 Å². The van der Waals surface area contributed by atoms with Gasteiger partial charge < -0.3 is 31.2 Å². The van der Waals surface area contributed by atoms with Crippen LogP contribution in [-0.2, 0) is 17.6 Å². The van der Waals surface area contributed by atoms with Crippen LogP contribution in [0.25, 0.3) is 0 Å². The molecular weight excluding hydrogens is 476 g/mol. The number of nitrogens with one attached hydrogen (secondary N) is 2. The molecule has 2 aliphatic heterocycles. The van der Waals surface area contributed by atoms with Crippen molar-refractivity contribution in [1.29, 1.82) is 5.41 Å². The van der Waals surface area contributed by atoms with Crippen molar-refractivity contribution in [3.8, 4) is 0 Å². The van der Waals surface area contributed by atoms with Crippen molar-refractivity contribution in [2.24, 2.45) is 5.92 Å². The fraction of sp³-hybridized carbons (Fsp3) is 0.517. The van der Waals surface area contributed by atoms with E-state index < -0.39 is 0 Å². The van der Waals surface area contributed by atoms with Gasteiger partial charge in [0.05, 0.1) is 5.69 Å². The Morgan fingerprint density at radius 2 is 1.92 bits per heavy atom. The lowest BCUT2D eigenvalue weighted by Gasteiger charge is -2.47. The number of carbonyl (C=O) groups is 1. The van der Waals surface area contributed by atoms with Crippen LogP contribution in [0.1, 0.15) is 47.7 Å². The zero-order valence-corrected chi connectivity index (χ0v) is 23.0. The van der Waals surface area contributed by atoms with E-state index in [0.717, 1.165) is 55.5 Å². The Labute approximate surface area is 225 Å². The lowest BCUT2D eigenvalue weighted by Crippen LogP contribution is -2.64. The molecule has 2 unspecified atom stereocenters. The first-order valence-electron chi connectivity index (χ1n) is 13.7. The van der Waals surface area contributed by atoms with Gasteiger partial charge in [-0.3, -0.25) is 4.79 Å². The average molecular weight is 517 g/mol. The molecule has 9 heteroatoms. The van der Waals surface area contributed by atoms with Crippen LogP contribution < -0.4 is 20.9 Å². The summed E-state index contributed by atoms with van der Waals surface area (Å²) in [5, 5.41) is 11.5. The number of anilines is 3. The van der Waals surface area contributed by atoms with E-state index in [0.29, 0.717) is 36.8 Å². The van der Waals surface area contributed by atoms with E-state index in [1.807, 2.05) is 18.0 Å². The molecule has 2 saturated heterocycles. The van der Waals surface area contributed by atoms with Crippen molar-refractivity contribution in [1.82, 2.24) is 20.2 Å². The van der Waals surface area contributed by atoms with E-state index in [2.05, 4.69) is 48.5 Å². The third-order valence-electron chi connectivity index (χ3n) is 8.90. The highest BCUT2D eigenvalue weighted by molar-refractivity contribution is 5.88. The predicted molar refractivity (Wildman–Crippen MR) is 153 cm³/mol. The summed E-state index contributed by atoms with van der Waals surface area (Å²) in [6.45, 7) is 13.9. The smallest absolute Gasteiger partial charge is 0.246 e. The zero-order valence-electron chi connectivity index (χ0n) is 23.0. The molecule has 2 fully saturated rings. The van der Waals surface area contributed by atoms with Crippen molar-refractivity contribution < 1.29 is 4.79 Å². The lowest BCUT2D eigenvalue weighted by atomic mass is 9.72. The molecule has 4 N–H and O–H groups in total. The third-order valence-corrected chi connectivity index (χ3v) is 8.90. The Bertz CT molecular complexity index is 1250. The molecule has 0 spiro atoms. The minimum Gasteiger partial charge on any atom is -0.398 e. The monoisotopic (exact) mass is 516 g/mol. The number of nitrogens with zero attached hydrogens (tertiary/aromatic N) is 5. The van der Waals surface area contributed by atoms with Crippen LogP contribution >= 0.6 is 0 Å². The Kier molecular flexibility index (Phi) is 7.13. The maximum Gasteiger partial charge on any atom is 0.246 e. The number of piperazine rings is 1. The van der Waals surface area contributed by atoms with Crippen LogP contribution in [0.5, 0.6) is 0 Å². The van der Waals surface area contributed by atoms with E-state index in [9.17, 15) is 4.79 Å². The van der Waals surface area contributed by atoms with E-state index in [1.54, 1.807) is 0 Å². The summed E-state index contributed by atoms with van der Waals surface area (Å²) in [5.74, 6) is 2.35. The number of rotatable bonds is 6. The standard InChI is InChI=1S/C29H40N8O/c1-6-26(38)35-9-11-36(12-10-35)28-21-13-18(3)20(27-17(2)7-8-23(31)22(27)15-30)14-24(21)33-29(34-28)37-16-25(32-5)19(37)4/h6-8,15,18-20,25,30,32H,1,9-14,16,31H2,2-5H3/t18-,19+,20?,25?/m1/s1. The number of benzene rings is 1. The van der Waals surface area contributed by atoms with Crippen LogP contribution in [0.3, 0.4) is 0 Å². The van der Waals surface area contributed by atoms with Crippen LogP contribution in [-0.4, -0.2) is 78.8 Å². The summed E-state index contributed by atoms with van der Waals surface area (Å²) < 4.78 is 0. The quantitative estimate of drug-likeness (QED) is 0.307. The Morgan fingerprint density at radius 1 is 1.18 bits per heavy atom. The van der Waals surface area contributed by atoms with Crippen LogP contribution in [0.4, 0.5) is 17.5 Å². The molecule has 202 valence electrons. The van der Waals surface area contributed by atoms with Crippen molar-refractivity contribution in [3.63, 3.8) is 0 Å². The first-order valence-corrected chi connectivity index (χ1v) is 13.7. The Hall–Kier alpha value is -3.46. The van der Waals surface area contributed by atoms with Crippen molar-refractivity contribution >= 4 is 29.6 Å². The number of carbonyl (C=O) groups excluding carboxylic acids is 1. The first kappa shape index (κ1) is 26.2. The van der Waals surface area contributed by atoms with Gasteiger partial charge >= 0.3 is 0 Å². The lowest BCUT2D eigenvalue weighted by molar-refractivity contribution is -0.126. The molecule has 5 rings (SSSR count). The molecular formula is C29H40N8O. The molecule has 3 aliphatic rings. The van der Waals surface area contributed by atoms with Crippen molar-refractivity contribution in [3.05, 3.63) is 52.7 Å². The molecule has 0 saturated carbocycles. The number of hydrogen-bond acceptors (Lipinski definition) is 8. The number of aryl methyl sites for hydroxylation is 1. The molecule has 2 aromatic rings. The Morgan fingerprint density at radius 3 is 2.55 bits per heavy atom. The fourth-order valence-corrected chi connectivity index (χ4v) is 6.42. The second-order valence-corrected chi connectivity index (χ2v) is 11.0. The van der Waals surface area contributed by atoms with Gasteiger partial charge in [0.2, 0.25) is 11.9 Å². The molecule has 1 aromatic carbocycles. The molecule has 0 radical (unpaired) electrons. The topological polar surface area (TPSA) is 114 Å². The molecule has 9 nitrogen and oxygen atoms in total. The van der Waals surface area contributed by atoms with Crippen LogP contribution in [0, 0.1) is 18.3 Å². The molecule has 1 aromatic heterocycles. The SMILES string of the molecule is C=CC(=O)N1CCN(c2nc(N3CC(NC)[C@@H]3C)nc3c2C[C@@H](C)C(c2c(C)ccc(N)c2C=N)C3)CC1. The van der Waals surface area contributed by atoms with Gasteiger partial charge in [-0.2, -0.15) is 4.98 Å². The highest BCUT2D eigenvalue weighted by atomic mass is 16.2. The third kappa shape index (κ3) is 4.42. The number of amides is 1. The summed E-state index contributed by atoms with van der Waals surface area (Å²) in [5.41, 5.74) is 12.5. The van der Waals surface area contributed by atoms with Gasteiger partial charge in [0.15, 0.2) is 0 Å².